The van der Waals surface area contributed by atoms with Gasteiger partial charge in [-0.05, 0) is 12.5 Å². The van der Waals surface area contributed by atoms with Crippen LogP contribution in [0.25, 0.3) is 0 Å². The monoisotopic (exact) mass is 281 g/mol. The van der Waals surface area contributed by atoms with Gasteiger partial charge in [0.25, 0.3) is 0 Å². The van der Waals surface area contributed by atoms with Gasteiger partial charge in [-0.3, -0.25) is 0 Å². The third kappa shape index (κ3) is 5.04. The summed E-state index contributed by atoms with van der Waals surface area (Å²) >= 11 is 0. The first-order valence-electron chi connectivity index (χ1n) is 5.57. The lowest BCUT2D eigenvalue weighted by molar-refractivity contribution is -0.174. The molecule has 0 aliphatic carbocycles. The molecule has 0 fully saturated rings. The highest BCUT2D eigenvalue weighted by molar-refractivity contribution is 5.32. The second-order valence-electron chi connectivity index (χ2n) is 3.93. The van der Waals surface area contributed by atoms with E-state index in [2.05, 4.69) is 4.74 Å². The van der Waals surface area contributed by atoms with Crippen LogP contribution < -0.4 is 10.5 Å². The van der Waals surface area contributed by atoms with Crippen LogP contribution in [0.3, 0.4) is 0 Å². The zero-order valence-electron chi connectivity index (χ0n) is 10.3. The van der Waals surface area contributed by atoms with Crippen molar-refractivity contribution in [1.29, 1.82) is 0 Å². The third-order valence-electron chi connectivity index (χ3n) is 2.45. The zero-order chi connectivity index (χ0) is 14.5. The molecule has 1 rings (SSSR count). The minimum Gasteiger partial charge on any atom is -0.494 e. The van der Waals surface area contributed by atoms with Gasteiger partial charge < -0.3 is 15.2 Å². The van der Waals surface area contributed by atoms with E-state index in [0.717, 1.165) is 0 Å². The van der Waals surface area contributed by atoms with Crippen LogP contribution in [0.4, 0.5) is 17.6 Å². The number of halogens is 4. The van der Waals surface area contributed by atoms with Crippen molar-refractivity contribution in [3.05, 3.63) is 29.6 Å². The molecule has 3 nitrogen and oxygen atoms in total. The van der Waals surface area contributed by atoms with Crippen LogP contribution in [-0.4, -0.2) is 26.5 Å². The molecule has 0 amide bonds. The van der Waals surface area contributed by atoms with Crippen LogP contribution in [0.15, 0.2) is 18.2 Å². The van der Waals surface area contributed by atoms with Gasteiger partial charge in [0, 0.05) is 18.2 Å². The molecule has 19 heavy (non-hydrogen) atoms. The topological polar surface area (TPSA) is 44.5 Å². The Morgan fingerprint density at radius 2 is 2.00 bits per heavy atom. The smallest absolute Gasteiger partial charge is 0.411 e. The van der Waals surface area contributed by atoms with E-state index in [1.54, 1.807) is 6.07 Å². The van der Waals surface area contributed by atoms with Gasteiger partial charge in [0.05, 0.1) is 7.11 Å². The summed E-state index contributed by atoms with van der Waals surface area (Å²) in [4.78, 5) is 0. The van der Waals surface area contributed by atoms with Crippen molar-refractivity contribution in [1.82, 2.24) is 0 Å². The van der Waals surface area contributed by atoms with Crippen LogP contribution in [0, 0.1) is 5.82 Å². The molecule has 0 radical (unpaired) electrons. The first-order chi connectivity index (χ1) is 8.85. The van der Waals surface area contributed by atoms with E-state index in [1.165, 1.54) is 19.2 Å². The van der Waals surface area contributed by atoms with Gasteiger partial charge in [-0.1, -0.05) is 12.1 Å². The molecule has 0 aliphatic heterocycles. The van der Waals surface area contributed by atoms with Gasteiger partial charge in [-0.25, -0.2) is 4.39 Å². The molecule has 0 aromatic heterocycles. The molecule has 0 aliphatic rings. The summed E-state index contributed by atoms with van der Waals surface area (Å²) in [6.07, 6.45) is -4.29. The van der Waals surface area contributed by atoms with Crippen molar-refractivity contribution in [3.8, 4) is 5.75 Å². The maximum atomic E-state index is 13.8. The molecule has 1 aromatic carbocycles. The molecule has 2 N–H and O–H groups in total. The largest absolute Gasteiger partial charge is 0.494 e. The number of nitrogens with two attached hydrogens (primary N) is 1. The van der Waals surface area contributed by atoms with E-state index in [1.807, 2.05) is 0 Å². The standard InChI is InChI=1S/C12H15F4NO2/c1-18-10-4-2-3-8(11(10)13)9(17)5-6-19-7-12(14,15)16/h2-4,9H,5-7,17H2,1H3. The van der Waals surface area contributed by atoms with Crippen molar-refractivity contribution >= 4 is 0 Å². The van der Waals surface area contributed by atoms with Gasteiger partial charge in [0.1, 0.15) is 6.61 Å². The quantitative estimate of drug-likeness (QED) is 0.644. The summed E-state index contributed by atoms with van der Waals surface area (Å²) in [6, 6.07) is 3.72. The summed E-state index contributed by atoms with van der Waals surface area (Å²) in [5.74, 6) is -0.558. The van der Waals surface area contributed by atoms with Crippen LogP contribution in [-0.2, 0) is 4.74 Å². The number of ether oxygens (including phenoxy) is 2. The Balaban J connectivity index is 2.52. The Bertz CT molecular complexity index is 409. The van der Waals surface area contributed by atoms with Gasteiger partial charge in [-0.15, -0.1) is 0 Å². The number of benzene rings is 1. The SMILES string of the molecule is COc1cccc(C(N)CCOCC(F)(F)F)c1F. The Kier molecular flexibility index (Phi) is 5.56. The number of hydrogen-bond acceptors (Lipinski definition) is 3. The molecular formula is C12H15F4NO2. The third-order valence-corrected chi connectivity index (χ3v) is 2.45. The van der Waals surface area contributed by atoms with E-state index >= 15 is 0 Å². The fourth-order valence-corrected chi connectivity index (χ4v) is 1.53. The molecule has 0 spiro atoms. The minimum atomic E-state index is -4.37. The summed E-state index contributed by atoms with van der Waals surface area (Å²) < 4.78 is 58.5. The van der Waals surface area contributed by atoms with E-state index in [0.29, 0.717) is 0 Å². The van der Waals surface area contributed by atoms with Crippen LogP contribution >= 0.6 is 0 Å². The predicted molar refractivity (Wildman–Crippen MR) is 61.4 cm³/mol. The van der Waals surface area contributed by atoms with E-state index in [9.17, 15) is 17.6 Å². The van der Waals surface area contributed by atoms with Gasteiger partial charge >= 0.3 is 6.18 Å². The Morgan fingerprint density at radius 1 is 1.32 bits per heavy atom. The van der Waals surface area contributed by atoms with Gasteiger partial charge in [0.15, 0.2) is 11.6 Å². The van der Waals surface area contributed by atoms with E-state index in [-0.39, 0.29) is 24.3 Å². The van der Waals surface area contributed by atoms with Crippen molar-refractivity contribution in [2.24, 2.45) is 5.73 Å². The molecule has 0 heterocycles. The lowest BCUT2D eigenvalue weighted by Crippen LogP contribution is -2.20. The predicted octanol–water partition coefficient (Wildman–Crippen LogP) is 2.80. The molecule has 1 aromatic rings. The van der Waals surface area contributed by atoms with E-state index < -0.39 is 24.6 Å². The molecule has 1 atom stereocenters. The maximum Gasteiger partial charge on any atom is 0.411 e. The molecule has 0 saturated heterocycles. The molecule has 0 bridgehead atoms. The Labute approximate surface area is 108 Å². The number of methoxy groups -OCH3 is 1. The van der Waals surface area contributed by atoms with Crippen molar-refractivity contribution in [2.45, 2.75) is 18.6 Å². The normalized spacial score (nSPS) is 13.4. The summed E-state index contributed by atoms with van der Waals surface area (Å²) in [6.45, 7) is -1.53. The van der Waals surface area contributed by atoms with Crippen molar-refractivity contribution in [2.75, 3.05) is 20.3 Å². The summed E-state index contributed by atoms with van der Waals surface area (Å²) in [5, 5.41) is 0. The first-order valence-corrected chi connectivity index (χ1v) is 5.57. The average molecular weight is 281 g/mol. The highest BCUT2D eigenvalue weighted by Gasteiger charge is 2.27. The highest BCUT2D eigenvalue weighted by atomic mass is 19.4. The lowest BCUT2D eigenvalue weighted by atomic mass is 10.0. The fraction of sp³-hybridized carbons (Fsp3) is 0.500. The van der Waals surface area contributed by atoms with Crippen LogP contribution in [0.5, 0.6) is 5.75 Å². The number of hydrogen-bond donors (Lipinski definition) is 1. The Morgan fingerprint density at radius 3 is 2.58 bits per heavy atom. The second kappa shape index (κ2) is 6.72. The molecule has 1 unspecified atom stereocenters. The lowest BCUT2D eigenvalue weighted by Gasteiger charge is -2.15. The highest BCUT2D eigenvalue weighted by Crippen LogP contribution is 2.25. The number of alkyl halides is 3. The van der Waals surface area contributed by atoms with Crippen LogP contribution in [0.2, 0.25) is 0 Å². The van der Waals surface area contributed by atoms with E-state index in [4.69, 9.17) is 10.5 Å². The molecular weight excluding hydrogens is 266 g/mol. The molecule has 108 valence electrons. The fourth-order valence-electron chi connectivity index (χ4n) is 1.53. The molecule has 0 saturated carbocycles. The minimum absolute atomic E-state index is 0.0455. The molecule has 7 heteroatoms. The zero-order valence-corrected chi connectivity index (χ0v) is 10.3. The van der Waals surface area contributed by atoms with Crippen molar-refractivity contribution < 1.29 is 27.0 Å². The summed E-state index contributed by atoms with van der Waals surface area (Å²) in [7, 11) is 1.32. The van der Waals surface area contributed by atoms with Gasteiger partial charge in [-0.2, -0.15) is 13.2 Å². The van der Waals surface area contributed by atoms with Gasteiger partial charge in [0.2, 0.25) is 0 Å². The first kappa shape index (κ1) is 15.7. The average Bonchev–Trinajstić information content (AvgIpc) is 2.33. The van der Waals surface area contributed by atoms with Crippen molar-refractivity contribution in [3.63, 3.8) is 0 Å². The summed E-state index contributed by atoms with van der Waals surface area (Å²) in [5.41, 5.74) is 5.90. The maximum absolute atomic E-state index is 13.8. The van der Waals surface area contributed by atoms with Crippen LogP contribution in [0.1, 0.15) is 18.0 Å². The number of rotatable bonds is 6. The second-order valence-corrected chi connectivity index (χ2v) is 3.93. The Hall–Kier alpha value is -1.34.